The molecule has 1 heterocycles. The van der Waals surface area contributed by atoms with Gasteiger partial charge in [0.15, 0.2) is 6.61 Å². The van der Waals surface area contributed by atoms with Gasteiger partial charge in [-0.25, -0.2) is 9.80 Å². The predicted molar refractivity (Wildman–Crippen MR) is 42.9 cm³/mol. The van der Waals surface area contributed by atoms with Gasteiger partial charge in [-0.05, 0) is 0 Å². The van der Waals surface area contributed by atoms with Crippen LogP contribution in [0.25, 0.3) is 0 Å². The van der Waals surface area contributed by atoms with Crippen LogP contribution >= 0.6 is 0 Å². The number of morpholine rings is 1. The molecule has 1 N–H and O–H groups in total. The van der Waals surface area contributed by atoms with Crippen molar-refractivity contribution in [2.45, 2.75) is 6.18 Å². The Bertz CT molecular complexity index is 216. The monoisotopic (exact) mass is 228 g/mol. The Balaban J connectivity index is 2.17. The van der Waals surface area contributed by atoms with Crippen LogP contribution in [-0.2, 0) is 9.47 Å². The fourth-order valence-electron chi connectivity index (χ4n) is 0.984. The topological polar surface area (TPSA) is 50.8 Å². The van der Waals surface area contributed by atoms with Crippen LogP contribution in [0.5, 0.6) is 0 Å². The van der Waals surface area contributed by atoms with Gasteiger partial charge in [-0.15, -0.1) is 0 Å². The van der Waals surface area contributed by atoms with Crippen LogP contribution in [0, 0.1) is 0 Å². The summed E-state index contributed by atoms with van der Waals surface area (Å²) in [6.07, 6.45) is -5.60. The number of ether oxygens (including phenoxy) is 2. The summed E-state index contributed by atoms with van der Waals surface area (Å²) in [5, 5.41) is 1.45. The van der Waals surface area contributed by atoms with Gasteiger partial charge in [-0.3, -0.25) is 5.43 Å². The molecule has 0 aromatic heterocycles. The van der Waals surface area contributed by atoms with Gasteiger partial charge < -0.3 is 9.47 Å². The largest absolute Gasteiger partial charge is 0.439 e. The van der Waals surface area contributed by atoms with Gasteiger partial charge in [-0.1, -0.05) is 0 Å². The summed E-state index contributed by atoms with van der Waals surface area (Å²) in [6.45, 7) is 0.143. The molecule has 1 saturated heterocycles. The summed E-state index contributed by atoms with van der Waals surface area (Å²) < 4.78 is 43.9. The molecule has 88 valence electrons. The van der Waals surface area contributed by atoms with Crippen LogP contribution < -0.4 is 5.43 Å². The van der Waals surface area contributed by atoms with E-state index in [0.29, 0.717) is 26.3 Å². The maximum atomic E-state index is 11.7. The Morgan fingerprint density at radius 1 is 1.40 bits per heavy atom. The van der Waals surface area contributed by atoms with Crippen molar-refractivity contribution in [2.24, 2.45) is 0 Å². The van der Waals surface area contributed by atoms with Crippen molar-refractivity contribution in [1.82, 2.24) is 10.4 Å². The standard InChI is InChI=1S/C7H11F3N2O3/c8-7(9,10)5-15-6(13)11-12-1-3-14-4-2-12/h1-5H2,(H,11,13). The first-order valence-corrected chi connectivity index (χ1v) is 4.30. The minimum atomic E-state index is -4.50. The highest BCUT2D eigenvalue weighted by Crippen LogP contribution is 2.14. The molecule has 1 aliphatic heterocycles. The number of amides is 1. The minimum absolute atomic E-state index is 0.430. The first-order chi connectivity index (χ1) is 6.97. The molecule has 15 heavy (non-hydrogen) atoms. The van der Waals surface area contributed by atoms with Crippen LogP contribution in [0.4, 0.5) is 18.0 Å². The van der Waals surface area contributed by atoms with E-state index in [1.807, 2.05) is 0 Å². The number of rotatable bonds is 2. The smallest absolute Gasteiger partial charge is 0.422 e. The number of carbonyl (C=O) groups is 1. The Hall–Kier alpha value is -1.02. The molecule has 0 atom stereocenters. The number of hydrazine groups is 1. The van der Waals surface area contributed by atoms with Crippen LogP contribution in [0.3, 0.4) is 0 Å². The van der Waals surface area contributed by atoms with E-state index < -0.39 is 18.9 Å². The van der Waals surface area contributed by atoms with E-state index in [1.54, 1.807) is 0 Å². The highest BCUT2D eigenvalue weighted by atomic mass is 19.4. The molecule has 5 nitrogen and oxygen atoms in total. The fraction of sp³-hybridized carbons (Fsp3) is 0.857. The highest BCUT2D eigenvalue weighted by molar-refractivity contribution is 5.66. The molecule has 1 aliphatic rings. The number of hydrogen-bond donors (Lipinski definition) is 1. The summed E-state index contributed by atoms with van der Waals surface area (Å²) >= 11 is 0. The van der Waals surface area contributed by atoms with E-state index in [0.717, 1.165) is 0 Å². The zero-order valence-corrected chi connectivity index (χ0v) is 7.84. The first kappa shape index (κ1) is 12.1. The molecular weight excluding hydrogens is 217 g/mol. The number of halogens is 3. The van der Waals surface area contributed by atoms with Crippen molar-refractivity contribution in [3.63, 3.8) is 0 Å². The third-order valence-electron chi connectivity index (χ3n) is 1.63. The molecule has 0 saturated carbocycles. The second kappa shape index (κ2) is 5.17. The van der Waals surface area contributed by atoms with Crippen molar-refractivity contribution in [2.75, 3.05) is 32.9 Å². The van der Waals surface area contributed by atoms with E-state index in [-0.39, 0.29) is 0 Å². The maximum absolute atomic E-state index is 11.7. The summed E-state index contributed by atoms with van der Waals surface area (Å²) in [5.74, 6) is 0. The van der Waals surface area contributed by atoms with E-state index in [2.05, 4.69) is 10.2 Å². The number of nitrogens with zero attached hydrogens (tertiary/aromatic N) is 1. The summed E-state index contributed by atoms with van der Waals surface area (Å²) in [7, 11) is 0. The van der Waals surface area contributed by atoms with Gasteiger partial charge in [0, 0.05) is 13.1 Å². The van der Waals surface area contributed by atoms with Gasteiger partial charge in [0.2, 0.25) is 0 Å². The Morgan fingerprint density at radius 3 is 2.53 bits per heavy atom. The van der Waals surface area contributed by atoms with Crippen LogP contribution in [0.15, 0.2) is 0 Å². The van der Waals surface area contributed by atoms with E-state index >= 15 is 0 Å². The van der Waals surface area contributed by atoms with Gasteiger partial charge in [0.05, 0.1) is 13.2 Å². The van der Waals surface area contributed by atoms with Crippen LogP contribution in [0.2, 0.25) is 0 Å². The molecule has 1 fully saturated rings. The van der Waals surface area contributed by atoms with Crippen molar-refractivity contribution < 1.29 is 27.4 Å². The predicted octanol–water partition coefficient (Wildman–Crippen LogP) is 0.522. The van der Waals surface area contributed by atoms with Crippen molar-refractivity contribution in [3.8, 4) is 0 Å². The van der Waals surface area contributed by atoms with E-state index in [9.17, 15) is 18.0 Å². The zero-order chi connectivity index (χ0) is 11.3. The number of carbonyl (C=O) groups excluding carboxylic acids is 1. The van der Waals surface area contributed by atoms with Gasteiger partial charge in [0.1, 0.15) is 0 Å². The first-order valence-electron chi connectivity index (χ1n) is 4.30. The molecule has 0 radical (unpaired) electrons. The summed E-state index contributed by atoms with van der Waals surface area (Å²) in [6, 6.07) is 0. The normalized spacial score (nSPS) is 18.6. The molecule has 0 bridgehead atoms. The number of hydrogen-bond acceptors (Lipinski definition) is 4. The van der Waals surface area contributed by atoms with Gasteiger partial charge in [-0.2, -0.15) is 13.2 Å². The lowest BCUT2D eigenvalue weighted by molar-refractivity contribution is -0.161. The van der Waals surface area contributed by atoms with Crippen molar-refractivity contribution in [3.05, 3.63) is 0 Å². The SMILES string of the molecule is O=C(NN1CCOCC1)OCC(F)(F)F. The van der Waals surface area contributed by atoms with Crippen molar-refractivity contribution >= 4 is 6.09 Å². The van der Waals surface area contributed by atoms with Crippen molar-refractivity contribution in [1.29, 1.82) is 0 Å². The highest BCUT2D eigenvalue weighted by Gasteiger charge is 2.29. The molecule has 0 spiro atoms. The molecule has 0 aromatic rings. The Kier molecular flexibility index (Phi) is 4.15. The van der Waals surface area contributed by atoms with E-state index in [4.69, 9.17) is 4.74 Å². The summed E-state index contributed by atoms with van der Waals surface area (Å²) in [4.78, 5) is 10.8. The minimum Gasteiger partial charge on any atom is -0.439 e. The fourth-order valence-corrected chi connectivity index (χ4v) is 0.984. The second-order valence-electron chi connectivity index (χ2n) is 2.90. The van der Waals surface area contributed by atoms with Gasteiger partial charge >= 0.3 is 12.3 Å². The third kappa shape index (κ3) is 5.43. The maximum Gasteiger partial charge on any atom is 0.422 e. The number of nitrogens with one attached hydrogen (secondary N) is 1. The van der Waals surface area contributed by atoms with Crippen LogP contribution in [-0.4, -0.2) is 50.2 Å². The molecule has 0 unspecified atom stereocenters. The summed E-state index contributed by atoms with van der Waals surface area (Å²) in [5.41, 5.74) is 2.18. The average Bonchev–Trinajstić information content (AvgIpc) is 2.15. The van der Waals surface area contributed by atoms with E-state index in [1.165, 1.54) is 5.01 Å². The molecule has 1 rings (SSSR count). The number of alkyl halides is 3. The lowest BCUT2D eigenvalue weighted by Gasteiger charge is -2.26. The molecule has 0 aliphatic carbocycles. The average molecular weight is 228 g/mol. The molecule has 0 aromatic carbocycles. The second-order valence-corrected chi connectivity index (χ2v) is 2.90. The lowest BCUT2D eigenvalue weighted by Crippen LogP contribution is -2.48. The Labute approximate surface area is 84.1 Å². The quantitative estimate of drug-likeness (QED) is 0.748. The molecular formula is C7H11F3N2O3. The van der Waals surface area contributed by atoms with Gasteiger partial charge in [0.25, 0.3) is 0 Å². The van der Waals surface area contributed by atoms with Crippen LogP contribution in [0.1, 0.15) is 0 Å². The third-order valence-corrected chi connectivity index (χ3v) is 1.63. The zero-order valence-electron chi connectivity index (χ0n) is 7.84. The lowest BCUT2D eigenvalue weighted by atomic mass is 10.5. The molecule has 8 heteroatoms. The molecule has 1 amide bonds. The Morgan fingerprint density at radius 2 is 2.00 bits per heavy atom.